The number of hydrogen-bond donors (Lipinski definition) is 2. The first-order chi connectivity index (χ1) is 19.6. The first kappa shape index (κ1) is 25.3. The molecule has 2 aliphatic rings. The largest absolute Gasteiger partial charge is 0.461 e. The number of allylic oxidation sites excluding steroid dienone is 3. The van der Waals surface area contributed by atoms with Gasteiger partial charge in [0.05, 0.1) is 0 Å². The summed E-state index contributed by atoms with van der Waals surface area (Å²) in [7, 11) is 0. The Labute approximate surface area is 235 Å². The van der Waals surface area contributed by atoms with Gasteiger partial charge < -0.3 is 19.8 Å². The zero-order chi connectivity index (χ0) is 27.6. The highest BCUT2D eigenvalue weighted by Gasteiger charge is 2.22. The van der Waals surface area contributed by atoms with Gasteiger partial charge in [0.2, 0.25) is 0 Å². The number of furan rings is 1. The van der Waals surface area contributed by atoms with Gasteiger partial charge in [-0.3, -0.25) is 0 Å². The minimum absolute atomic E-state index is 0.00898. The van der Waals surface area contributed by atoms with Gasteiger partial charge in [-0.15, -0.1) is 13.2 Å². The second-order valence-electron chi connectivity index (χ2n) is 10.1. The maximum Gasteiger partial charge on any atom is 0.140 e. The van der Waals surface area contributed by atoms with Crippen LogP contribution in [0.4, 0.5) is 5.69 Å². The van der Waals surface area contributed by atoms with E-state index in [1.807, 2.05) is 48.6 Å². The van der Waals surface area contributed by atoms with E-state index in [1.165, 1.54) is 11.1 Å². The minimum Gasteiger partial charge on any atom is -0.461 e. The van der Waals surface area contributed by atoms with Crippen LogP contribution in [0.2, 0.25) is 0 Å². The summed E-state index contributed by atoms with van der Waals surface area (Å²) < 4.78 is 12.3. The van der Waals surface area contributed by atoms with Gasteiger partial charge >= 0.3 is 0 Å². The predicted octanol–water partition coefficient (Wildman–Crippen LogP) is 8.97. The van der Waals surface area contributed by atoms with Crippen molar-refractivity contribution in [3.63, 3.8) is 0 Å². The Bertz CT molecular complexity index is 1730. The van der Waals surface area contributed by atoms with Crippen LogP contribution < -0.4 is 15.4 Å². The molecule has 1 aliphatic carbocycles. The van der Waals surface area contributed by atoms with Gasteiger partial charge in [-0.05, 0) is 65.5 Å². The van der Waals surface area contributed by atoms with Crippen LogP contribution in [0.3, 0.4) is 0 Å². The van der Waals surface area contributed by atoms with Crippen LogP contribution in [0.25, 0.3) is 33.8 Å². The fraction of sp³-hybridized carbons (Fsp3) is 0.111. The summed E-state index contributed by atoms with van der Waals surface area (Å²) in [6.07, 6.45) is 10.2. The summed E-state index contributed by atoms with van der Waals surface area (Å²) in [5.74, 6) is 2.47. The third kappa shape index (κ3) is 4.69. The highest BCUT2D eigenvalue weighted by Crippen LogP contribution is 2.41. The van der Waals surface area contributed by atoms with E-state index in [9.17, 15) is 0 Å². The molecule has 6 rings (SSSR count). The molecule has 0 spiro atoms. The van der Waals surface area contributed by atoms with E-state index in [2.05, 4.69) is 73.4 Å². The molecule has 198 valence electrons. The number of anilines is 1. The summed E-state index contributed by atoms with van der Waals surface area (Å²) in [6.45, 7) is 16.8. The van der Waals surface area contributed by atoms with Crippen molar-refractivity contribution in [2.75, 3.05) is 5.32 Å². The van der Waals surface area contributed by atoms with Crippen LogP contribution in [0.5, 0.6) is 5.75 Å². The van der Waals surface area contributed by atoms with Crippen molar-refractivity contribution in [1.29, 1.82) is 0 Å². The van der Waals surface area contributed by atoms with E-state index in [-0.39, 0.29) is 6.04 Å². The molecule has 4 heteroatoms. The monoisotopic (exact) mass is 524 g/mol. The number of hydrogen-bond acceptors (Lipinski definition) is 4. The zero-order valence-corrected chi connectivity index (χ0v) is 22.5. The van der Waals surface area contributed by atoms with Crippen LogP contribution >= 0.6 is 0 Å². The predicted molar refractivity (Wildman–Crippen MR) is 168 cm³/mol. The first-order valence-corrected chi connectivity index (χ1v) is 13.5. The van der Waals surface area contributed by atoms with E-state index < -0.39 is 0 Å². The molecular weight excluding hydrogens is 492 g/mol. The van der Waals surface area contributed by atoms with E-state index in [4.69, 9.17) is 9.15 Å². The highest BCUT2D eigenvalue weighted by atomic mass is 16.5. The quantitative estimate of drug-likeness (QED) is 0.247. The fourth-order valence-corrected chi connectivity index (χ4v) is 5.39. The smallest absolute Gasteiger partial charge is 0.140 e. The van der Waals surface area contributed by atoms with E-state index in [1.54, 1.807) is 6.26 Å². The molecular formula is C36H32N2O2. The lowest BCUT2D eigenvalue weighted by Gasteiger charge is -2.24. The van der Waals surface area contributed by atoms with E-state index >= 15 is 0 Å². The van der Waals surface area contributed by atoms with Crippen molar-refractivity contribution < 1.29 is 9.15 Å². The number of ether oxygens (including phenoxy) is 1. The van der Waals surface area contributed by atoms with Crippen molar-refractivity contribution in [1.82, 2.24) is 5.32 Å². The number of nitrogens with one attached hydrogen (secondary N) is 2. The van der Waals surface area contributed by atoms with Crippen LogP contribution in [-0.4, -0.2) is 6.04 Å². The van der Waals surface area contributed by atoms with Crippen molar-refractivity contribution in [3.8, 4) is 5.75 Å². The standard InChI is InChI=1S/C36H32N2O2/c1-5-11-27(6-2)37-36-22-39-33-14-9-7-12-28(33)23(3)24(4)30-20-25(16-18-32(30)38-36)26-17-19-35-31(21-26)29-13-8-10-15-34(29)40-35/h5-10,12-16,18,20-22,27,37-38H,1-4,11,17,19H2/b36-22-. The van der Waals surface area contributed by atoms with Gasteiger partial charge in [0.1, 0.15) is 29.2 Å². The van der Waals surface area contributed by atoms with E-state index in [0.717, 1.165) is 69.5 Å². The maximum atomic E-state index is 6.15. The first-order valence-electron chi connectivity index (χ1n) is 13.5. The second kappa shape index (κ2) is 10.7. The van der Waals surface area contributed by atoms with Crippen LogP contribution in [0.1, 0.15) is 40.9 Å². The number of fused-ring (bicyclic) bond motifs is 5. The Hall–Kier alpha value is -4.96. The Morgan fingerprint density at radius 3 is 2.58 bits per heavy atom. The number of para-hydroxylation sites is 2. The molecule has 2 heterocycles. The molecule has 1 aliphatic heterocycles. The maximum absolute atomic E-state index is 6.15. The molecule has 0 amide bonds. The molecule has 0 saturated carbocycles. The lowest BCUT2D eigenvalue weighted by Crippen LogP contribution is -2.30. The van der Waals surface area contributed by atoms with Crippen LogP contribution in [0.15, 0.2) is 122 Å². The minimum atomic E-state index is -0.00898. The second-order valence-corrected chi connectivity index (χ2v) is 10.1. The van der Waals surface area contributed by atoms with Gasteiger partial charge in [0, 0.05) is 40.2 Å². The topological polar surface area (TPSA) is 46.4 Å². The summed E-state index contributed by atoms with van der Waals surface area (Å²) in [5.41, 5.74) is 8.98. The molecule has 0 bridgehead atoms. The molecule has 3 aromatic carbocycles. The molecule has 2 N–H and O–H groups in total. The summed E-state index contributed by atoms with van der Waals surface area (Å²) >= 11 is 0. The Morgan fingerprint density at radius 1 is 0.925 bits per heavy atom. The summed E-state index contributed by atoms with van der Waals surface area (Å²) in [6, 6.07) is 22.6. The molecule has 0 fully saturated rings. The molecule has 0 saturated heterocycles. The average molecular weight is 525 g/mol. The average Bonchev–Trinajstić information content (AvgIpc) is 3.37. The van der Waals surface area contributed by atoms with Crippen molar-refractivity contribution in [2.24, 2.45) is 0 Å². The van der Waals surface area contributed by atoms with Crippen LogP contribution in [0, 0.1) is 0 Å². The summed E-state index contributed by atoms with van der Waals surface area (Å²) in [4.78, 5) is 0. The Balaban J connectivity index is 1.44. The SMILES string of the molecule is C=CCC(C=C)N/C1=C/Oc2ccccc2C(=C)C(=C)c2cc(C3=Cc4c(oc5ccccc45)CC3)ccc2N1. The zero-order valence-electron chi connectivity index (χ0n) is 22.5. The Kier molecular flexibility index (Phi) is 6.75. The van der Waals surface area contributed by atoms with Gasteiger partial charge in [0.15, 0.2) is 0 Å². The molecule has 0 radical (unpaired) electrons. The number of rotatable bonds is 6. The van der Waals surface area contributed by atoms with Gasteiger partial charge in [0.25, 0.3) is 0 Å². The van der Waals surface area contributed by atoms with Gasteiger partial charge in [-0.25, -0.2) is 0 Å². The third-order valence-corrected chi connectivity index (χ3v) is 7.56. The lowest BCUT2D eigenvalue weighted by molar-refractivity contribution is 0.466. The highest BCUT2D eigenvalue weighted by molar-refractivity contribution is 6.07. The van der Waals surface area contributed by atoms with Crippen molar-refractivity contribution in [3.05, 3.63) is 145 Å². The van der Waals surface area contributed by atoms with E-state index in [0.29, 0.717) is 11.6 Å². The molecule has 40 heavy (non-hydrogen) atoms. The molecule has 4 aromatic rings. The third-order valence-electron chi connectivity index (χ3n) is 7.56. The molecule has 1 unspecified atom stereocenters. The molecule has 1 aromatic heterocycles. The Morgan fingerprint density at radius 2 is 1.73 bits per heavy atom. The number of aryl methyl sites for hydroxylation is 1. The molecule has 4 nitrogen and oxygen atoms in total. The number of benzene rings is 3. The normalized spacial score (nSPS) is 16.6. The van der Waals surface area contributed by atoms with Crippen LogP contribution in [-0.2, 0) is 6.42 Å². The van der Waals surface area contributed by atoms with Crippen molar-refractivity contribution >= 4 is 39.5 Å². The van der Waals surface area contributed by atoms with Gasteiger partial charge in [-0.2, -0.15) is 0 Å². The summed E-state index contributed by atoms with van der Waals surface area (Å²) in [5, 5.41) is 8.18. The molecule has 1 atom stereocenters. The lowest BCUT2D eigenvalue weighted by atomic mass is 9.87. The van der Waals surface area contributed by atoms with Gasteiger partial charge in [-0.1, -0.05) is 67.8 Å². The fourth-order valence-electron chi connectivity index (χ4n) is 5.39. The van der Waals surface area contributed by atoms with Crippen molar-refractivity contribution in [2.45, 2.75) is 25.3 Å².